The second kappa shape index (κ2) is 6.89. The average molecular weight is 278 g/mol. The van der Waals surface area contributed by atoms with Crippen molar-refractivity contribution in [3.05, 3.63) is 16.1 Å². The third-order valence-electron chi connectivity index (χ3n) is 2.29. The van der Waals surface area contributed by atoms with Crippen molar-refractivity contribution in [2.24, 2.45) is 0 Å². The van der Waals surface area contributed by atoms with E-state index in [0.29, 0.717) is 28.2 Å². The maximum Gasteiger partial charge on any atom is 0.147 e. The van der Waals surface area contributed by atoms with Gasteiger partial charge in [-0.25, -0.2) is 4.98 Å². The molecule has 0 aromatic carbocycles. The molecule has 1 rings (SSSR count). The first-order valence-corrected chi connectivity index (χ1v) is 6.29. The molecule has 1 heterocycles. The molecule has 0 radical (unpaired) electrons. The van der Waals surface area contributed by atoms with Gasteiger partial charge in [-0.15, -0.1) is 0 Å². The first-order valence-electron chi connectivity index (χ1n) is 5.54. The van der Waals surface area contributed by atoms with Crippen LogP contribution in [0.2, 0.25) is 10.0 Å². The summed E-state index contributed by atoms with van der Waals surface area (Å²) >= 11 is 11.9. The van der Waals surface area contributed by atoms with Gasteiger partial charge in [0.2, 0.25) is 0 Å². The van der Waals surface area contributed by atoms with Gasteiger partial charge in [0, 0.05) is 13.6 Å². The SMILES string of the molecule is CCCC(O)CNc1nc(NC)c(Cl)cc1Cl. The van der Waals surface area contributed by atoms with Crippen LogP contribution in [0.15, 0.2) is 6.07 Å². The number of halogens is 2. The van der Waals surface area contributed by atoms with E-state index in [4.69, 9.17) is 23.2 Å². The summed E-state index contributed by atoms with van der Waals surface area (Å²) in [5, 5.41) is 16.4. The molecule has 0 saturated heterocycles. The Balaban J connectivity index is 2.70. The maximum atomic E-state index is 9.61. The fourth-order valence-corrected chi connectivity index (χ4v) is 1.94. The number of anilines is 2. The van der Waals surface area contributed by atoms with E-state index in [1.54, 1.807) is 13.1 Å². The molecule has 1 atom stereocenters. The minimum Gasteiger partial charge on any atom is -0.391 e. The van der Waals surface area contributed by atoms with Crippen molar-refractivity contribution in [2.75, 3.05) is 24.2 Å². The van der Waals surface area contributed by atoms with Gasteiger partial charge < -0.3 is 15.7 Å². The van der Waals surface area contributed by atoms with Gasteiger partial charge in [0.05, 0.1) is 16.1 Å². The quantitative estimate of drug-likeness (QED) is 0.748. The van der Waals surface area contributed by atoms with Crippen LogP contribution < -0.4 is 10.6 Å². The van der Waals surface area contributed by atoms with Crippen molar-refractivity contribution >= 4 is 34.8 Å². The molecule has 1 aromatic rings. The third kappa shape index (κ3) is 4.22. The molecule has 17 heavy (non-hydrogen) atoms. The normalized spacial score (nSPS) is 12.3. The molecule has 4 nitrogen and oxygen atoms in total. The molecule has 0 saturated carbocycles. The van der Waals surface area contributed by atoms with Gasteiger partial charge in [0.15, 0.2) is 0 Å². The summed E-state index contributed by atoms with van der Waals surface area (Å²) in [6.45, 7) is 2.45. The number of nitrogens with one attached hydrogen (secondary N) is 2. The fourth-order valence-electron chi connectivity index (χ4n) is 1.42. The second-order valence-corrected chi connectivity index (χ2v) is 4.54. The Morgan fingerprint density at radius 3 is 2.59 bits per heavy atom. The van der Waals surface area contributed by atoms with E-state index < -0.39 is 6.10 Å². The van der Waals surface area contributed by atoms with Crippen molar-refractivity contribution in [1.82, 2.24) is 4.98 Å². The van der Waals surface area contributed by atoms with Gasteiger partial charge in [-0.2, -0.15) is 0 Å². The Morgan fingerprint density at radius 2 is 2.00 bits per heavy atom. The number of hydrogen-bond acceptors (Lipinski definition) is 4. The molecule has 1 aromatic heterocycles. The highest BCUT2D eigenvalue weighted by Gasteiger charge is 2.09. The van der Waals surface area contributed by atoms with Crippen molar-refractivity contribution in [2.45, 2.75) is 25.9 Å². The summed E-state index contributed by atoms with van der Waals surface area (Å²) in [4.78, 5) is 4.23. The number of aliphatic hydroxyl groups is 1. The third-order valence-corrected chi connectivity index (χ3v) is 2.87. The predicted molar refractivity (Wildman–Crippen MR) is 73.2 cm³/mol. The highest BCUT2D eigenvalue weighted by Crippen LogP contribution is 2.28. The van der Waals surface area contributed by atoms with E-state index in [0.717, 1.165) is 12.8 Å². The molecule has 0 aliphatic carbocycles. The lowest BCUT2D eigenvalue weighted by atomic mass is 10.2. The van der Waals surface area contributed by atoms with Crippen molar-refractivity contribution < 1.29 is 5.11 Å². The number of pyridine rings is 1. The van der Waals surface area contributed by atoms with Crippen molar-refractivity contribution in [3.8, 4) is 0 Å². The molecule has 0 amide bonds. The van der Waals surface area contributed by atoms with E-state index >= 15 is 0 Å². The highest BCUT2D eigenvalue weighted by molar-refractivity contribution is 6.37. The van der Waals surface area contributed by atoms with Crippen LogP contribution >= 0.6 is 23.2 Å². The molecule has 1 unspecified atom stereocenters. The molecule has 0 fully saturated rings. The summed E-state index contributed by atoms with van der Waals surface area (Å²) in [6.07, 6.45) is 1.29. The molecule has 3 N–H and O–H groups in total. The zero-order valence-corrected chi connectivity index (χ0v) is 11.4. The first kappa shape index (κ1) is 14.4. The Bertz CT molecular complexity index is 374. The fraction of sp³-hybridized carbons (Fsp3) is 0.545. The summed E-state index contributed by atoms with van der Waals surface area (Å²) in [7, 11) is 1.73. The molecule has 0 spiro atoms. The summed E-state index contributed by atoms with van der Waals surface area (Å²) in [6, 6.07) is 1.62. The number of aromatic nitrogens is 1. The van der Waals surface area contributed by atoms with Gasteiger partial charge in [-0.3, -0.25) is 0 Å². The standard InChI is InChI=1S/C11H17Cl2N3O/c1-3-4-7(17)6-15-11-9(13)5-8(12)10(14-2)16-11/h5,7,17H,3-4,6H2,1-2H3,(H2,14,15,16). The maximum absolute atomic E-state index is 9.61. The summed E-state index contributed by atoms with van der Waals surface area (Å²) < 4.78 is 0. The van der Waals surface area contributed by atoms with Crippen LogP contribution in [0.3, 0.4) is 0 Å². The molecule has 0 bridgehead atoms. The minimum atomic E-state index is -0.397. The van der Waals surface area contributed by atoms with Gasteiger partial charge >= 0.3 is 0 Å². The van der Waals surface area contributed by atoms with Crippen LogP contribution in [0.25, 0.3) is 0 Å². The Labute approximate surface area is 111 Å². The van der Waals surface area contributed by atoms with E-state index in [1.165, 1.54) is 0 Å². The monoisotopic (exact) mass is 277 g/mol. The smallest absolute Gasteiger partial charge is 0.147 e. The van der Waals surface area contributed by atoms with Crippen LogP contribution in [-0.2, 0) is 0 Å². The Hall–Kier alpha value is -0.710. The lowest BCUT2D eigenvalue weighted by Crippen LogP contribution is -2.19. The van der Waals surface area contributed by atoms with Crippen molar-refractivity contribution in [3.63, 3.8) is 0 Å². The zero-order chi connectivity index (χ0) is 12.8. The largest absolute Gasteiger partial charge is 0.391 e. The number of hydrogen-bond donors (Lipinski definition) is 3. The zero-order valence-electron chi connectivity index (χ0n) is 9.93. The predicted octanol–water partition coefficient (Wildman–Crippen LogP) is 3.00. The molecule has 6 heteroatoms. The van der Waals surface area contributed by atoms with Gasteiger partial charge in [-0.1, -0.05) is 36.5 Å². The second-order valence-electron chi connectivity index (χ2n) is 3.72. The lowest BCUT2D eigenvalue weighted by Gasteiger charge is -2.13. The molecular weight excluding hydrogens is 261 g/mol. The Morgan fingerprint density at radius 1 is 1.35 bits per heavy atom. The van der Waals surface area contributed by atoms with E-state index in [9.17, 15) is 5.11 Å². The molecular formula is C11H17Cl2N3O. The lowest BCUT2D eigenvalue weighted by molar-refractivity contribution is 0.176. The highest BCUT2D eigenvalue weighted by atomic mass is 35.5. The van der Waals surface area contributed by atoms with E-state index in [2.05, 4.69) is 15.6 Å². The summed E-state index contributed by atoms with van der Waals surface area (Å²) in [5.41, 5.74) is 0. The van der Waals surface area contributed by atoms with Crippen LogP contribution in [0, 0.1) is 0 Å². The number of rotatable bonds is 6. The molecule has 0 aliphatic heterocycles. The van der Waals surface area contributed by atoms with Crippen LogP contribution in [0.4, 0.5) is 11.6 Å². The summed E-state index contributed by atoms with van der Waals surface area (Å²) in [5.74, 6) is 1.08. The van der Waals surface area contributed by atoms with Crippen LogP contribution in [0.1, 0.15) is 19.8 Å². The average Bonchev–Trinajstić information content (AvgIpc) is 2.28. The Kier molecular flexibility index (Phi) is 5.82. The van der Waals surface area contributed by atoms with Gasteiger partial charge in [0.1, 0.15) is 11.6 Å². The number of aliphatic hydroxyl groups excluding tert-OH is 1. The van der Waals surface area contributed by atoms with Crippen molar-refractivity contribution in [1.29, 1.82) is 0 Å². The van der Waals surface area contributed by atoms with Gasteiger partial charge in [-0.05, 0) is 12.5 Å². The van der Waals surface area contributed by atoms with E-state index in [-0.39, 0.29) is 0 Å². The minimum absolute atomic E-state index is 0.397. The molecule has 0 aliphatic rings. The topological polar surface area (TPSA) is 57.2 Å². The van der Waals surface area contributed by atoms with Gasteiger partial charge in [0.25, 0.3) is 0 Å². The number of nitrogens with zero attached hydrogens (tertiary/aromatic N) is 1. The first-order chi connectivity index (χ1) is 8.08. The molecule has 96 valence electrons. The van der Waals surface area contributed by atoms with Crippen LogP contribution in [0.5, 0.6) is 0 Å². The van der Waals surface area contributed by atoms with E-state index in [1.807, 2.05) is 6.92 Å². The van der Waals surface area contributed by atoms with Crippen LogP contribution in [-0.4, -0.2) is 29.8 Å².